The van der Waals surface area contributed by atoms with Crippen LogP contribution in [0, 0.1) is 0 Å². The third kappa shape index (κ3) is 2.79. The first-order valence-corrected chi connectivity index (χ1v) is 7.12. The Kier molecular flexibility index (Phi) is 3.45. The van der Waals surface area contributed by atoms with Crippen molar-refractivity contribution >= 4 is 5.91 Å². The molecule has 1 fully saturated rings. The largest absolute Gasteiger partial charge is 0.448 e. The molecule has 6 heteroatoms. The Morgan fingerprint density at radius 1 is 1.33 bits per heavy atom. The van der Waals surface area contributed by atoms with E-state index in [9.17, 15) is 4.79 Å². The molecule has 0 bridgehead atoms. The number of nitrogens with one attached hydrogen (secondary N) is 1. The van der Waals surface area contributed by atoms with Crippen LogP contribution in [0.25, 0.3) is 0 Å². The minimum absolute atomic E-state index is 0.276. The summed E-state index contributed by atoms with van der Waals surface area (Å²) >= 11 is 0. The maximum absolute atomic E-state index is 12.3. The first-order chi connectivity index (χ1) is 10.1. The number of oxazole rings is 1. The summed E-state index contributed by atoms with van der Waals surface area (Å²) in [6, 6.07) is 1.74. The Bertz CT molecular complexity index is 632. The van der Waals surface area contributed by atoms with Crippen LogP contribution in [0.1, 0.15) is 61.2 Å². The van der Waals surface area contributed by atoms with E-state index in [1.54, 1.807) is 18.5 Å². The predicted molar refractivity (Wildman–Crippen MR) is 75.6 cm³/mol. The van der Waals surface area contributed by atoms with Gasteiger partial charge in [-0.15, -0.1) is 0 Å². The second-order valence-electron chi connectivity index (χ2n) is 5.85. The van der Waals surface area contributed by atoms with Gasteiger partial charge >= 0.3 is 0 Å². The van der Waals surface area contributed by atoms with Gasteiger partial charge in [0.25, 0.3) is 5.91 Å². The smallest absolute Gasteiger partial charge is 0.274 e. The second-order valence-corrected chi connectivity index (χ2v) is 5.85. The van der Waals surface area contributed by atoms with Crippen molar-refractivity contribution in [3.05, 3.63) is 42.1 Å². The Labute approximate surface area is 123 Å². The molecule has 110 valence electrons. The highest BCUT2D eigenvalue weighted by atomic mass is 16.3. The van der Waals surface area contributed by atoms with Crippen LogP contribution in [0.2, 0.25) is 0 Å². The topological polar surface area (TPSA) is 80.9 Å². The van der Waals surface area contributed by atoms with Gasteiger partial charge in [-0.25, -0.2) is 15.0 Å². The van der Waals surface area contributed by atoms with Crippen molar-refractivity contribution in [3.63, 3.8) is 0 Å². The molecule has 2 heterocycles. The minimum atomic E-state index is -0.673. The van der Waals surface area contributed by atoms with E-state index in [4.69, 9.17) is 4.42 Å². The zero-order valence-electron chi connectivity index (χ0n) is 12.2. The van der Waals surface area contributed by atoms with Gasteiger partial charge in [0.2, 0.25) is 0 Å². The molecule has 3 rings (SSSR count). The predicted octanol–water partition coefficient (Wildman–Crippen LogP) is 2.40. The molecule has 1 N–H and O–H groups in total. The van der Waals surface area contributed by atoms with Crippen LogP contribution in [0.15, 0.2) is 29.1 Å². The molecule has 6 nitrogen and oxygen atoms in total. The van der Waals surface area contributed by atoms with Crippen LogP contribution in [0.5, 0.6) is 0 Å². The lowest BCUT2D eigenvalue weighted by molar-refractivity contribution is 0.0903. The summed E-state index contributed by atoms with van der Waals surface area (Å²) in [5, 5.41) is 2.89. The molecule has 1 amide bonds. The number of carbonyl (C=O) groups is 1. The van der Waals surface area contributed by atoms with Crippen molar-refractivity contribution < 1.29 is 9.21 Å². The van der Waals surface area contributed by atoms with E-state index < -0.39 is 5.54 Å². The lowest BCUT2D eigenvalue weighted by Gasteiger charge is -2.23. The molecule has 0 spiro atoms. The maximum atomic E-state index is 12.3. The van der Waals surface area contributed by atoms with Gasteiger partial charge < -0.3 is 9.73 Å². The molecule has 0 unspecified atom stereocenters. The monoisotopic (exact) mass is 286 g/mol. The summed E-state index contributed by atoms with van der Waals surface area (Å²) in [6.07, 6.45) is 8.11. The number of hydrogen-bond acceptors (Lipinski definition) is 5. The quantitative estimate of drug-likeness (QED) is 0.933. The van der Waals surface area contributed by atoms with Crippen molar-refractivity contribution in [3.8, 4) is 0 Å². The molecular formula is C15H18N4O2. The Balaban J connectivity index is 1.72. The van der Waals surface area contributed by atoms with Crippen molar-refractivity contribution in [2.24, 2.45) is 0 Å². The first-order valence-electron chi connectivity index (χ1n) is 7.12. The highest BCUT2D eigenvalue weighted by Gasteiger charge is 2.29. The molecule has 0 radical (unpaired) electrons. The van der Waals surface area contributed by atoms with Gasteiger partial charge in [-0.3, -0.25) is 4.79 Å². The lowest BCUT2D eigenvalue weighted by atomic mass is 9.85. The Hall–Kier alpha value is -2.24. The number of aromatic nitrogens is 3. The summed E-state index contributed by atoms with van der Waals surface area (Å²) in [4.78, 5) is 24.9. The van der Waals surface area contributed by atoms with E-state index in [-0.39, 0.29) is 5.91 Å². The standard InChI is InChI=1S/C15H18N4O2/c1-15(2,14-16-7-4-8-17-14)19-12(20)11-9-21-13(18-11)10-5-3-6-10/h4,7-10H,3,5-6H2,1-2H3,(H,19,20). The highest BCUT2D eigenvalue weighted by Crippen LogP contribution is 2.35. The van der Waals surface area contributed by atoms with Gasteiger partial charge in [-0.1, -0.05) is 6.42 Å². The van der Waals surface area contributed by atoms with Crippen LogP contribution in [0.4, 0.5) is 0 Å². The third-order valence-electron chi connectivity index (χ3n) is 3.76. The molecule has 1 aliphatic carbocycles. The number of amides is 1. The van der Waals surface area contributed by atoms with E-state index in [1.165, 1.54) is 12.7 Å². The van der Waals surface area contributed by atoms with E-state index in [1.807, 2.05) is 13.8 Å². The Morgan fingerprint density at radius 2 is 2.05 bits per heavy atom. The van der Waals surface area contributed by atoms with Crippen molar-refractivity contribution in [2.75, 3.05) is 0 Å². The van der Waals surface area contributed by atoms with Crippen LogP contribution in [0.3, 0.4) is 0 Å². The fourth-order valence-electron chi connectivity index (χ4n) is 2.26. The molecule has 0 aliphatic heterocycles. The van der Waals surface area contributed by atoms with E-state index in [0.29, 0.717) is 23.3 Å². The third-order valence-corrected chi connectivity index (χ3v) is 3.76. The molecular weight excluding hydrogens is 268 g/mol. The van der Waals surface area contributed by atoms with Crippen molar-refractivity contribution in [1.29, 1.82) is 0 Å². The Morgan fingerprint density at radius 3 is 2.67 bits per heavy atom. The lowest BCUT2D eigenvalue weighted by Crippen LogP contribution is -2.42. The number of carbonyl (C=O) groups excluding carboxylic acids is 1. The number of rotatable bonds is 4. The van der Waals surface area contributed by atoms with Crippen molar-refractivity contribution in [1.82, 2.24) is 20.3 Å². The second kappa shape index (κ2) is 5.27. The molecule has 1 saturated carbocycles. The minimum Gasteiger partial charge on any atom is -0.448 e. The summed E-state index contributed by atoms with van der Waals surface area (Å²) < 4.78 is 5.41. The maximum Gasteiger partial charge on any atom is 0.274 e. The number of nitrogens with zero attached hydrogens (tertiary/aromatic N) is 3. The van der Waals surface area contributed by atoms with Crippen LogP contribution in [-0.4, -0.2) is 20.9 Å². The molecule has 0 atom stereocenters. The average molecular weight is 286 g/mol. The summed E-state index contributed by atoms with van der Waals surface area (Å²) in [5.41, 5.74) is -0.366. The van der Waals surface area contributed by atoms with Crippen LogP contribution < -0.4 is 5.32 Å². The van der Waals surface area contributed by atoms with E-state index in [0.717, 1.165) is 12.8 Å². The van der Waals surface area contributed by atoms with Gasteiger partial charge in [-0.2, -0.15) is 0 Å². The van der Waals surface area contributed by atoms with Crippen LogP contribution in [-0.2, 0) is 5.54 Å². The average Bonchev–Trinajstić information content (AvgIpc) is 2.87. The van der Waals surface area contributed by atoms with Gasteiger partial charge in [0, 0.05) is 18.3 Å². The summed E-state index contributed by atoms with van der Waals surface area (Å²) in [5.74, 6) is 1.32. The number of hydrogen-bond donors (Lipinski definition) is 1. The fraction of sp³-hybridized carbons (Fsp3) is 0.467. The first kappa shape index (κ1) is 13.7. The van der Waals surface area contributed by atoms with E-state index in [2.05, 4.69) is 20.3 Å². The van der Waals surface area contributed by atoms with Gasteiger partial charge in [0.1, 0.15) is 6.26 Å². The zero-order chi connectivity index (χ0) is 14.9. The molecule has 1 aliphatic rings. The van der Waals surface area contributed by atoms with Crippen LogP contribution >= 0.6 is 0 Å². The zero-order valence-corrected chi connectivity index (χ0v) is 12.2. The van der Waals surface area contributed by atoms with Gasteiger partial charge in [-0.05, 0) is 32.8 Å². The molecule has 0 saturated heterocycles. The summed E-state index contributed by atoms with van der Waals surface area (Å²) in [7, 11) is 0. The van der Waals surface area contributed by atoms with E-state index >= 15 is 0 Å². The van der Waals surface area contributed by atoms with Crippen molar-refractivity contribution in [2.45, 2.75) is 44.6 Å². The molecule has 0 aromatic carbocycles. The van der Waals surface area contributed by atoms with Gasteiger partial charge in [0.05, 0.1) is 5.54 Å². The normalized spacial score (nSPS) is 15.5. The highest BCUT2D eigenvalue weighted by molar-refractivity contribution is 5.92. The molecule has 21 heavy (non-hydrogen) atoms. The SMILES string of the molecule is CC(C)(NC(=O)c1coc(C2CCC2)n1)c1ncccn1. The fourth-order valence-corrected chi connectivity index (χ4v) is 2.26. The molecule has 2 aromatic rings. The van der Waals surface area contributed by atoms with Gasteiger partial charge in [0.15, 0.2) is 17.4 Å². The molecule has 2 aromatic heterocycles. The summed E-state index contributed by atoms with van der Waals surface area (Å²) in [6.45, 7) is 3.71.